The van der Waals surface area contributed by atoms with Crippen molar-refractivity contribution in [3.05, 3.63) is 0 Å². The molecule has 2 nitrogen and oxygen atoms in total. The molecule has 0 heterocycles. The number of hydrogen-bond acceptors (Lipinski definition) is 2. The molecule has 0 N–H and O–H groups in total. The van der Waals surface area contributed by atoms with Gasteiger partial charge >= 0.3 is 96.3 Å². The van der Waals surface area contributed by atoms with E-state index in [1.807, 2.05) is 18.7 Å². The van der Waals surface area contributed by atoms with Crippen molar-refractivity contribution in [2.75, 3.05) is 13.6 Å². The van der Waals surface area contributed by atoms with Gasteiger partial charge in [0.1, 0.15) is 0 Å². The van der Waals surface area contributed by atoms with Gasteiger partial charge in [0.2, 0.25) is 0 Å². The third-order valence-electron chi connectivity index (χ3n) is 2.00. The number of alkyl halides is 3. The topological polar surface area (TPSA) is 12.5 Å². The van der Waals surface area contributed by atoms with Crippen molar-refractivity contribution < 1.29 is 16.2 Å². The Bertz CT molecular complexity index is 163. The predicted octanol–water partition coefficient (Wildman–Crippen LogP) is 1.75. The number of halogens is 3. The zero-order chi connectivity index (χ0) is 11.4. The summed E-state index contributed by atoms with van der Waals surface area (Å²) in [4.78, 5) is 1.85. The van der Waals surface area contributed by atoms with E-state index in [1.54, 1.807) is 7.05 Å². The molecule has 0 bridgehead atoms. The number of nitrogens with zero attached hydrogens (tertiary/aromatic N) is 1. The molecule has 1 atom stereocenters. The van der Waals surface area contributed by atoms with Gasteiger partial charge in [0.05, 0.1) is 0 Å². The van der Waals surface area contributed by atoms with E-state index in [0.29, 0.717) is 29.5 Å². The summed E-state index contributed by atoms with van der Waals surface area (Å²) in [5, 5.41) is 0. The molecule has 0 saturated heterocycles. The van der Waals surface area contributed by atoms with Crippen LogP contribution in [0.5, 0.6) is 0 Å². The Labute approximate surface area is 96.4 Å². The summed E-state index contributed by atoms with van der Waals surface area (Å²) >= 11 is 0.682. The summed E-state index contributed by atoms with van der Waals surface area (Å²) in [6.45, 7) is 4.20. The molecule has 0 aromatic rings. The molecule has 1 unspecified atom stereocenters. The third kappa shape index (κ3) is 6.89. The van der Waals surface area contributed by atoms with Crippen molar-refractivity contribution in [1.29, 1.82) is 0 Å². The van der Waals surface area contributed by atoms with Crippen LogP contribution in [-0.4, -0.2) is 59.8 Å². The summed E-state index contributed by atoms with van der Waals surface area (Å²) < 4.78 is 41.0. The van der Waals surface area contributed by atoms with E-state index >= 15 is 0 Å². The molecule has 83 valence electrons. The number of rotatable bonds is 5. The molecule has 0 aliphatic rings. The summed E-state index contributed by atoms with van der Waals surface area (Å²) in [6, 6.07) is 0.233. The second-order valence-corrected chi connectivity index (χ2v) is 4.27. The molecular weight excluding hydrogens is 302 g/mol. The Morgan fingerprint density at radius 1 is 1.36 bits per heavy atom. The molecule has 0 rings (SSSR count). The molecule has 0 aliphatic heterocycles. The van der Waals surface area contributed by atoms with Crippen LogP contribution in [0.1, 0.15) is 20.3 Å². The van der Waals surface area contributed by atoms with Crippen LogP contribution in [0.2, 0.25) is 0 Å². The van der Waals surface area contributed by atoms with Crippen molar-refractivity contribution in [1.82, 2.24) is 4.90 Å². The van der Waals surface area contributed by atoms with Crippen LogP contribution in [0, 0.1) is 0 Å². The zero-order valence-corrected chi connectivity index (χ0v) is 11.4. The van der Waals surface area contributed by atoms with Gasteiger partial charge in [-0.3, -0.25) is 0 Å². The van der Waals surface area contributed by atoms with Gasteiger partial charge in [0.15, 0.2) is 0 Å². The average Bonchev–Trinajstić information content (AvgIpc) is 2.00. The van der Waals surface area contributed by atoms with E-state index in [2.05, 4.69) is 0 Å². The molecule has 0 aromatic heterocycles. The molecule has 0 saturated carbocycles. The standard InChI is InChI=1S/C8H15F3NO.Sn/c1-6(2)12(3)5-7(13)4-8(9,10)11;/h6-7H,4-5H2,1-3H3;/q-1;+1. The van der Waals surface area contributed by atoms with Gasteiger partial charge in [0.25, 0.3) is 0 Å². The normalized spacial score (nSPS) is 15.2. The van der Waals surface area contributed by atoms with Crippen molar-refractivity contribution in [3.8, 4) is 0 Å². The van der Waals surface area contributed by atoms with Crippen molar-refractivity contribution in [2.45, 2.75) is 38.6 Å². The van der Waals surface area contributed by atoms with E-state index in [4.69, 9.17) is 3.07 Å². The van der Waals surface area contributed by atoms with Gasteiger partial charge in [-0.2, -0.15) is 0 Å². The molecule has 3 radical (unpaired) electrons. The monoisotopic (exact) mass is 318 g/mol. The van der Waals surface area contributed by atoms with Crippen LogP contribution in [0.4, 0.5) is 13.2 Å². The molecule has 0 fully saturated rings. The summed E-state index contributed by atoms with van der Waals surface area (Å²) in [5.74, 6) is 0. The molecule has 0 spiro atoms. The van der Waals surface area contributed by atoms with Crippen LogP contribution in [-0.2, 0) is 3.07 Å². The van der Waals surface area contributed by atoms with Crippen molar-refractivity contribution in [3.63, 3.8) is 0 Å². The van der Waals surface area contributed by atoms with Crippen LogP contribution < -0.4 is 0 Å². The predicted molar refractivity (Wildman–Crippen MR) is 49.1 cm³/mol. The SMILES string of the molecule is CC(C)N(C)CC(CC(F)(F)F)[O][Sn]. The quantitative estimate of drug-likeness (QED) is 0.717. The second-order valence-electron chi connectivity index (χ2n) is 3.59. The minimum absolute atomic E-state index is 0.233. The summed E-state index contributed by atoms with van der Waals surface area (Å²) in [6.07, 6.45) is -5.74. The van der Waals surface area contributed by atoms with Crippen LogP contribution in [0.25, 0.3) is 0 Å². The third-order valence-corrected chi connectivity index (χ3v) is 2.95. The molecular formula is C8H15F3NOSn. The van der Waals surface area contributed by atoms with Gasteiger partial charge in [-0.15, -0.1) is 0 Å². The van der Waals surface area contributed by atoms with Crippen LogP contribution in [0.15, 0.2) is 0 Å². The van der Waals surface area contributed by atoms with Crippen LogP contribution >= 0.6 is 0 Å². The van der Waals surface area contributed by atoms with E-state index in [0.717, 1.165) is 0 Å². The summed E-state index contributed by atoms with van der Waals surface area (Å²) in [7, 11) is 1.79. The Kier molecular flexibility index (Phi) is 6.39. The van der Waals surface area contributed by atoms with Crippen molar-refractivity contribution >= 4 is 22.9 Å². The second kappa shape index (κ2) is 6.17. The minimum atomic E-state index is -4.14. The van der Waals surface area contributed by atoms with Crippen molar-refractivity contribution in [2.24, 2.45) is 0 Å². The maximum absolute atomic E-state index is 12.1. The molecule has 0 aromatic carbocycles. The summed E-state index contributed by atoms with van der Waals surface area (Å²) in [5.41, 5.74) is 0. The van der Waals surface area contributed by atoms with Gasteiger partial charge in [0, 0.05) is 0 Å². The first-order valence-corrected chi connectivity index (χ1v) is 5.52. The fourth-order valence-corrected chi connectivity index (χ4v) is 1.38. The van der Waals surface area contributed by atoms with Gasteiger partial charge in [-0.05, 0) is 0 Å². The number of hydrogen-bond donors (Lipinski definition) is 0. The molecule has 6 heteroatoms. The Morgan fingerprint density at radius 2 is 1.86 bits per heavy atom. The van der Waals surface area contributed by atoms with Gasteiger partial charge in [-0.1, -0.05) is 0 Å². The van der Waals surface area contributed by atoms with E-state index in [1.165, 1.54) is 0 Å². The first-order chi connectivity index (χ1) is 6.26. The van der Waals surface area contributed by atoms with E-state index < -0.39 is 18.7 Å². The van der Waals surface area contributed by atoms with E-state index in [9.17, 15) is 13.2 Å². The van der Waals surface area contributed by atoms with Gasteiger partial charge in [-0.25, -0.2) is 0 Å². The number of likely N-dealkylation sites (N-methyl/N-ethyl adjacent to an activating group) is 1. The van der Waals surface area contributed by atoms with Gasteiger partial charge < -0.3 is 0 Å². The van der Waals surface area contributed by atoms with Crippen LogP contribution in [0.3, 0.4) is 0 Å². The Hall–Kier alpha value is 0.509. The maximum atomic E-state index is 12.1. The fraction of sp³-hybridized carbons (Fsp3) is 1.00. The first-order valence-electron chi connectivity index (χ1n) is 4.35. The molecule has 0 aliphatic carbocycles. The molecule has 0 amide bonds. The molecule has 14 heavy (non-hydrogen) atoms. The fourth-order valence-electron chi connectivity index (χ4n) is 0.934. The van der Waals surface area contributed by atoms with E-state index in [-0.39, 0.29) is 6.04 Å². The first kappa shape index (κ1) is 14.5. The average molecular weight is 317 g/mol. The Balaban J connectivity index is 4.03. The zero-order valence-electron chi connectivity index (χ0n) is 8.56. The Morgan fingerprint density at radius 3 is 2.14 bits per heavy atom.